The lowest BCUT2D eigenvalue weighted by Crippen LogP contribution is -2.48. The standard InChI is InChI=1S/C21H26N2O3/c1-15-8-4-5-9-17(15)12-22-21(24)16(2)23(3)13-18-14-25-19-10-6-7-11-20(19)26-18/h4-11,16,18H,12-14H2,1-3H3,(H,22,24). The minimum atomic E-state index is -0.250. The van der Waals surface area contributed by atoms with Crippen LogP contribution in [0.1, 0.15) is 18.1 Å². The van der Waals surface area contributed by atoms with Crippen LogP contribution in [0.3, 0.4) is 0 Å². The third-order valence-electron chi connectivity index (χ3n) is 4.81. The molecule has 5 heteroatoms. The Bertz CT molecular complexity index is 762. The van der Waals surface area contributed by atoms with Crippen molar-refractivity contribution in [2.24, 2.45) is 0 Å². The van der Waals surface area contributed by atoms with Crippen LogP contribution in [0.4, 0.5) is 0 Å². The predicted molar refractivity (Wildman–Crippen MR) is 101 cm³/mol. The van der Waals surface area contributed by atoms with Crippen molar-refractivity contribution in [2.45, 2.75) is 32.5 Å². The van der Waals surface area contributed by atoms with Gasteiger partial charge in [-0.25, -0.2) is 0 Å². The number of hydrogen-bond donors (Lipinski definition) is 1. The molecule has 0 spiro atoms. The summed E-state index contributed by atoms with van der Waals surface area (Å²) in [4.78, 5) is 14.5. The molecule has 2 atom stereocenters. The van der Waals surface area contributed by atoms with Crippen molar-refractivity contribution in [3.63, 3.8) is 0 Å². The highest BCUT2D eigenvalue weighted by Gasteiger charge is 2.25. The van der Waals surface area contributed by atoms with Crippen LogP contribution in [0.15, 0.2) is 48.5 Å². The summed E-state index contributed by atoms with van der Waals surface area (Å²) in [7, 11) is 1.93. The number of fused-ring (bicyclic) bond motifs is 1. The highest BCUT2D eigenvalue weighted by Crippen LogP contribution is 2.31. The molecule has 0 aliphatic carbocycles. The van der Waals surface area contributed by atoms with E-state index in [1.807, 2.05) is 61.3 Å². The Morgan fingerprint density at radius 1 is 1.19 bits per heavy atom. The molecule has 1 aliphatic rings. The molecular weight excluding hydrogens is 328 g/mol. The van der Waals surface area contributed by atoms with Crippen molar-refractivity contribution in [3.8, 4) is 11.5 Å². The smallest absolute Gasteiger partial charge is 0.237 e. The number of para-hydroxylation sites is 2. The molecule has 0 saturated carbocycles. The molecule has 0 fully saturated rings. The van der Waals surface area contributed by atoms with E-state index in [-0.39, 0.29) is 18.1 Å². The number of rotatable bonds is 6. The quantitative estimate of drug-likeness (QED) is 0.867. The van der Waals surface area contributed by atoms with Crippen LogP contribution in [0.2, 0.25) is 0 Å². The normalized spacial score (nSPS) is 17.0. The summed E-state index contributed by atoms with van der Waals surface area (Å²) in [6, 6.07) is 15.5. The van der Waals surface area contributed by atoms with Gasteiger partial charge in [0.05, 0.1) is 6.04 Å². The van der Waals surface area contributed by atoms with Crippen LogP contribution in [-0.2, 0) is 11.3 Å². The molecule has 2 unspecified atom stereocenters. The molecule has 2 aromatic rings. The molecule has 0 saturated heterocycles. The summed E-state index contributed by atoms with van der Waals surface area (Å²) in [5, 5.41) is 3.02. The molecule has 3 rings (SSSR count). The molecular formula is C21H26N2O3. The molecule has 138 valence electrons. The summed E-state index contributed by atoms with van der Waals surface area (Å²) in [5.74, 6) is 1.54. The Morgan fingerprint density at radius 2 is 1.88 bits per heavy atom. The Morgan fingerprint density at radius 3 is 2.65 bits per heavy atom. The molecule has 0 bridgehead atoms. The topological polar surface area (TPSA) is 50.8 Å². The monoisotopic (exact) mass is 354 g/mol. The lowest BCUT2D eigenvalue weighted by molar-refractivity contribution is -0.126. The fourth-order valence-electron chi connectivity index (χ4n) is 2.97. The summed E-state index contributed by atoms with van der Waals surface area (Å²) in [6.07, 6.45) is -0.0958. The number of amides is 1. The predicted octanol–water partition coefficient (Wildman–Crippen LogP) is 2.77. The largest absolute Gasteiger partial charge is 0.486 e. The van der Waals surface area contributed by atoms with Gasteiger partial charge in [-0.3, -0.25) is 9.69 Å². The number of benzene rings is 2. The van der Waals surface area contributed by atoms with E-state index in [4.69, 9.17) is 9.47 Å². The Balaban J connectivity index is 1.50. The van der Waals surface area contributed by atoms with Crippen molar-refractivity contribution < 1.29 is 14.3 Å². The third kappa shape index (κ3) is 4.35. The van der Waals surface area contributed by atoms with Gasteiger partial charge in [-0.15, -0.1) is 0 Å². The SMILES string of the molecule is Cc1ccccc1CNC(=O)C(C)N(C)CC1COc2ccccc2O1. The minimum absolute atomic E-state index is 0.00730. The van der Waals surface area contributed by atoms with Crippen molar-refractivity contribution >= 4 is 5.91 Å². The summed E-state index contributed by atoms with van der Waals surface area (Å²) in [6.45, 7) is 5.60. The van der Waals surface area contributed by atoms with E-state index < -0.39 is 0 Å². The van der Waals surface area contributed by atoms with E-state index >= 15 is 0 Å². The maximum Gasteiger partial charge on any atom is 0.237 e. The number of hydrogen-bond acceptors (Lipinski definition) is 4. The van der Waals surface area contributed by atoms with Crippen LogP contribution in [0.25, 0.3) is 0 Å². The summed E-state index contributed by atoms with van der Waals surface area (Å²) < 4.78 is 11.7. The molecule has 5 nitrogen and oxygen atoms in total. The van der Waals surface area contributed by atoms with Gasteiger partial charge in [-0.2, -0.15) is 0 Å². The van der Waals surface area contributed by atoms with Gasteiger partial charge in [0.15, 0.2) is 11.5 Å². The second-order valence-corrected chi connectivity index (χ2v) is 6.76. The Hall–Kier alpha value is -2.53. The van der Waals surface area contributed by atoms with Gasteiger partial charge in [0.25, 0.3) is 0 Å². The zero-order valence-electron chi connectivity index (χ0n) is 15.6. The molecule has 1 amide bonds. The molecule has 1 heterocycles. The molecule has 2 aromatic carbocycles. The first-order valence-corrected chi connectivity index (χ1v) is 8.95. The number of nitrogens with zero attached hydrogens (tertiary/aromatic N) is 1. The maximum atomic E-state index is 12.5. The molecule has 1 N–H and O–H groups in total. The van der Waals surface area contributed by atoms with Gasteiger partial charge in [0.1, 0.15) is 12.7 Å². The first-order chi connectivity index (χ1) is 12.5. The summed E-state index contributed by atoms with van der Waals surface area (Å²) >= 11 is 0. The van der Waals surface area contributed by atoms with E-state index in [0.29, 0.717) is 19.7 Å². The average Bonchev–Trinajstić information content (AvgIpc) is 2.66. The molecule has 0 radical (unpaired) electrons. The highest BCUT2D eigenvalue weighted by molar-refractivity contribution is 5.81. The van der Waals surface area contributed by atoms with Crippen LogP contribution in [0.5, 0.6) is 11.5 Å². The van der Waals surface area contributed by atoms with Gasteiger partial charge in [0.2, 0.25) is 5.91 Å². The zero-order chi connectivity index (χ0) is 18.5. The first-order valence-electron chi connectivity index (χ1n) is 8.95. The van der Waals surface area contributed by atoms with Gasteiger partial charge < -0.3 is 14.8 Å². The zero-order valence-corrected chi connectivity index (χ0v) is 15.6. The van der Waals surface area contributed by atoms with E-state index in [0.717, 1.165) is 17.1 Å². The van der Waals surface area contributed by atoms with Gasteiger partial charge in [-0.05, 0) is 44.2 Å². The van der Waals surface area contributed by atoms with Crippen LogP contribution in [-0.4, -0.2) is 43.2 Å². The molecule has 1 aliphatic heterocycles. The van der Waals surface area contributed by atoms with E-state index in [2.05, 4.69) is 18.3 Å². The Kier molecular flexibility index (Phi) is 5.78. The maximum absolute atomic E-state index is 12.5. The number of carbonyl (C=O) groups excluding carboxylic acids is 1. The van der Waals surface area contributed by atoms with Crippen molar-refractivity contribution in [3.05, 3.63) is 59.7 Å². The molecule has 0 aromatic heterocycles. The fourth-order valence-corrected chi connectivity index (χ4v) is 2.97. The van der Waals surface area contributed by atoms with E-state index in [9.17, 15) is 4.79 Å². The highest BCUT2D eigenvalue weighted by atomic mass is 16.6. The third-order valence-corrected chi connectivity index (χ3v) is 4.81. The van der Waals surface area contributed by atoms with Crippen LogP contribution >= 0.6 is 0 Å². The van der Waals surface area contributed by atoms with Crippen LogP contribution < -0.4 is 14.8 Å². The number of ether oxygens (including phenoxy) is 2. The van der Waals surface area contributed by atoms with Crippen LogP contribution in [0, 0.1) is 6.92 Å². The number of nitrogens with one attached hydrogen (secondary N) is 1. The summed E-state index contributed by atoms with van der Waals surface area (Å²) in [5.41, 5.74) is 2.32. The second-order valence-electron chi connectivity index (χ2n) is 6.76. The van der Waals surface area contributed by atoms with Gasteiger partial charge in [-0.1, -0.05) is 36.4 Å². The molecule has 26 heavy (non-hydrogen) atoms. The Labute approximate surface area is 154 Å². The van der Waals surface area contributed by atoms with E-state index in [1.165, 1.54) is 5.56 Å². The number of likely N-dealkylation sites (N-methyl/N-ethyl adjacent to an activating group) is 1. The fraction of sp³-hybridized carbons (Fsp3) is 0.381. The van der Waals surface area contributed by atoms with Crippen molar-refractivity contribution in [1.82, 2.24) is 10.2 Å². The lowest BCUT2D eigenvalue weighted by Gasteiger charge is -2.31. The average molecular weight is 354 g/mol. The van der Waals surface area contributed by atoms with Gasteiger partial charge >= 0.3 is 0 Å². The van der Waals surface area contributed by atoms with E-state index in [1.54, 1.807) is 0 Å². The number of aryl methyl sites for hydroxylation is 1. The van der Waals surface area contributed by atoms with Crippen molar-refractivity contribution in [1.29, 1.82) is 0 Å². The number of carbonyl (C=O) groups is 1. The minimum Gasteiger partial charge on any atom is -0.486 e. The lowest BCUT2D eigenvalue weighted by atomic mass is 10.1. The van der Waals surface area contributed by atoms with Gasteiger partial charge in [0, 0.05) is 13.1 Å². The second kappa shape index (κ2) is 8.23. The first kappa shape index (κ1) is 18.3. The van der Waals surface area contributed by atoms with Crippen molar-refractivity contribution in [2.75, 3.05) is 20.2 Å².